The number of anilines is 1. The minimum Gasteiger partial charge on any atom is -0.444 e. The molecule has 0 spiro atoms. The van der Waals surface area contributed by atoms with E-state index in [2.05, 4.69) is 36.6 Å². The van der Waals surface area contributed by atoms with Gasteiger partial charge in [-0.15, -0.1) is 6.58 Å². The van der Waals surface area contributed by atoms with E-state index in [0.29, 0.717) is 25.4 Å². The number of carbonyl (C=O) groups excluding carboxylic acids is 1. The van der Waals surface area contributed by atoms with Crippen LogP contribution in [0.2, 0.25) is 25.7 Å². The number of hydrogen-bond acceptors (Lipinski definition) is 5. The van der Waals surface area contributed by atoms with Crippen LogP contribution in [0.3, 0.4) is 0 Å². The maximum Gasteiger partial charge on any atom is 0.408 e. The number of hydrogen-bond donors (Lipinski definition) is 2. The summed E-state index contributed by atoms with van der Waals surface area (Å²) in [6.45, 7) is 17.4. The quantitative estimate of drug-likeness (QED) is 0.275. The number of nitrogens with one attached hydrogen (secondary N) is 1. The van der Waals surface area contributed by atoms with Crippen molar-refractivity contribution in [2.45, 2.75) is 71.3 Å². The van der Waals surface area contributed by atoms with E-state index in [4.69, 9.17) is 15.2 Å². The Bertz CT molecular complexity index is 913. The summed E-state index contributed by atoms with van der Waals surface area (Å²) >= 11 is 0. The van der Waals surface area contributed by atoms with Crippen LogP contribution in [0.25, 0.3) is 11.3 Å². The smallest absolute Gasteiger partial charge is 0.408 e. The molecule has 1 aromatic carbocycles. The molecule has 0 aliphatic carbocycles. The van der Waals surface area contributed by atoms with Gasteiger partial charge >= 0.3 is 6.09 Å². The number of carbonyl (C=O) groups is 1. The van der Waals surface area contributed by atoms with E-state index < -0.39 is 19.8 Å². The van der Waals surface area contributed by atoms with Crippen LogP contribution in [-0.2, 0) is 16.2 Å². The number of amides is 1. The summed E-state index contributed by atoms with van der Waals surface area (Å²) in [6.07, 6.45) is 3.52. The molecule has 0 bridgehead atoms. The van der Waals surface area contributed by atoms with E-state index in [0.717, 1.165) is 22.9 Å². The average Bonchev–Trinajstić information content (AvgIpc) is 3.03. The van der Waals surface area contributed by atoms with Crippen molar-refractivity contribution in [1.29, 1.82) is 0 Å². The molecule has 2 aromatic rings. The number of alkyl carbamates (subject to hydrolysis) is 1. The van der Waals surface area contributed by atoms with Gasteiger partial charge in [0.15, 0.2) is 0 Å². The van der Waals surface area contributed by atoms with Crippen molar-refractivity contribution in [2.24, 2.45) is 0 Å². The van der Waals surface area contributed by atoms with E-state index >= 15 is 0 Å². The van der Waals surface area contributed by atoms with Crippen molar-refractivity contribution >= 4 is 19.9 Å². The first-order valence-electron chi connectivity index (χ1n) is 11.0. The van der Waals surface area contributed by atoms with Crippen molar-refractivity contribution in [1.82, 2.24) is 15.1 Å². The molecule has 3 N–H and O–H groups in total. The number of rotatable bonds is 10. The number of benzene rings is 1. The summed E-state index contributed by atoms with van der Waals surface area (Å²) < 4.78 is 13.1. The maximum atomic E-state index is 12.3. The Labute approximate surface area is 193 Å². The van der Waals surface area contributed by atoms with E-state index in [1.165, 1.54) is 0 Å². The Morgan fingerprint density at radius 1 is 1.34 bits per heavy atom. The molecule has 0 fully saturated rings. The highest BCUT2D eigenvalue weighted by Gasteiger charge is 2.21. The van der Waals surface area contributed by atoms with Crippen LogP contribution in [-0.4, -0.2) is 36.2 Å². The number of nitrogen functional groups attached to an aromatic ring is 1. The van der Waals surface area contributed by atoms with Gasteiger partial charge in [0.1, 0.15) is 12.3 Å². The van der Waals surface area contributed by atoms with E-state index in [9.17, 15) is 4.79 Å². The summed E-state index contributed by atoms with van der Waals surface area (Å²) in [6, 6.07) is 8.73. The number of aromatic nitrogens is 2. The largest absolute Gasteiger partial charge is 0.444 e. The van der Waals surface area contributed by atoms with Crippen LogP contribution in [0.1, 0.15) is 38.8 Å². The number of nitrogens with zero attached hydrogens (tertiary/aromatic N) is 2. The number of nitrogens with two attached hydrogens (primary N) is 1. The van der Waals surface area contributed by atoms with Crippen LogP contribution >= 0.6 is 0 Å². The summed E-state index contributed by atoms with van der Waals surface area (Å²) in [5.74, 6) is 0. The molecule has 0 saturated carbocycles. The molecule has 8 heteroatoms. The Balaban J connectivity index is 2.21. The Hall–Kier alpha value is -2.58. The molecule has 1 amide bonds. The van der Waals surface area contributed by atoms with E-state index in [1.54, 1.807) is 17.0 Å². The lowest BCUT2D eigenvalue weighted by atomic mass is 9.99. The van der Waals surface area contributed by atoms with Crippen molar-refractivity contribution in [3.63, 3.8) is 0 Å². The highest BCUT2D eigenvalue weighted by atomic mass is 28.3. The van der Waals surface area contributed by atoms with Gasteiger partial charge in [0.25, 0.3) is 0 Å². The second-order valence-corrected chi connectivity index (χ2v) is 15.8. The number of ether oxygens (including phenoxy) is 2. The molecule has 176 valence electrons. The fourth-order valence-electron chi connectivity index (χ4n) is 3.14. The van der Waals surface area contributed by atoms with Crippen molar-refractivity contribution < 1.29 is 14.3 Å². The molecular weight excluding hydrogens is 420 g/mol. The molecule has 0 aliphatic rings. The standard InChI is InChI=1S/C24H38N4O3Si/c1-8-10-21(27-23(29)31-24(2,3)4)18-11-9-12-19(15-18)22-20(25)16-26-28(22)17-30-13-14-32(5,6)7/h8-9,11-12,15-16,21H,1,10,13-14,17,25H2,2-7H3,(H,27,29)/t21-/m0/s1. The van der Waals surface area contributed by atoms with Crippen molar-refractivity contribution in [3.8, 4) is 11.3 Å². The fraction of sp³-hybridized carbons (Fsp3) is 0.500. The Kier molecular flexibility index (Phi) is 8.69. The highest BCUT2D eigenvalue weighted by Crippen LogP contribution is 2.29. The third kappa shape index (κ3) is 8.16. The first-order valence-corrected chi connectivity index (χ1v) is 14.7. The molecule has 0 aliphatic heterocycles. The third-order valence-electron chi connectivity index (χ3n) is 4.73. The SMILES string of the molecule is C=CC[C@H](NC(=O)OC(C)(C)C)c1cccc(-c2c(N)cnn2COCC[Si](C)(C)C)c1. The van der Waals surface area contributed by atoms with Crippen molar-refractivity contribution in [3.05, 3.63) is 48.7 Å². The molecule has 7 nitrogen and oxygen atoms in total. The molecule has 1 atom stereocenters. The van der Waals surface area contributed by atoms with E-state index in [1.807, 2.05) is 45.0 Å². The first-order chi connectivity index (χ1) is 14.9. The van der Waals surface area contributed by atoms with Crippen LogP contribution in [0, 0.1) is 0 Å². The van der Waals surface area contributed by atoms with Gasteiger partial charge < -0.3 is 20.5 Å². The lowest BCUT2D eigenvalue weighted by Gasteiger charge is -2.23. The minimum absolute atomic E-state index is 0.270. The predicted octanol–water partition coefficient (Wildman–Crippen LogP) is 5.59. The average molecular weight is 459 g/mol. The molecule has 0 radical (unpaired) electrons. The zero-order valence-electron chi connectivity index (χ0n) is 20.3. The lowest BCUT2D eigenvalue weighted by molar-refractivity contribution is 0.0504. The summed E-state index contributed by atoms with van der Waals surface area (Å²) in [4.78, 5) is 12.3. The maximum absolute atomic E-state index is 12.3. The van der Waals surface area contributed by atoms with Crippen molar-refractivity contribution in [2.75, 3.05) is 12.3 Å². The molecular formula is C24H38N4O3Si. The zero-order chi connectivity index (χ0) is 23.9. The van der Waals surface area contributed by atoms with Gasteiger partial charge in [-0.1, -0.05) is 43.9 Å². The molecule has 32 heavy (non-hydrogen) atoms. The second-order valence-electron chi connectivity index (χ2n) is 10.1. The van der Waals surface area contributed by atoms with Crippen LogP contribution < -0.4 is 11.1 Å². The normalized spacial score (nSPS) is 12.9. The third-order valence-corrected chi connectivity index (χ3v) is 6.44. The summed E-state index contributed by atoms with van der Waals surface area (Å²) in [5, 5.41) is 7.34. The molecule has 0 saturated heterocycles. The van der Waals surface area contributed by atoms with Gasteiger partial charge in [-0.05, 0) is 44.9 Å². The monoisotopic (exact) mass is 458 g/mol. The predicted molar refractivity (Wildman–Crippen MR) is 133 cm³/mol. The summed E-state index contributed by atoms with van der Waals surface area (Å²) in [5.41, 5.74) is 8.90. The molecule has 1 heterocycles. The van der Waals surface area contributed by atoms with Gasteiger partial charge in [-0.25, -0.2) is 9.48 Å². The van der Waals surface area contributed by atoms with Gasteiger partial charge in [-0.3, -0.25) is 0 Å². The Morgan fingerprint density at radius 3 is 2.69 bits per heavy atom. The minimum atomic E-state index is -1.16. The van der Waals surface area contributed by atoms with Crippen LogP contribution in [0.4, 0.5) is 10.5 Å². The molecule has 2 rings (SSSR count). The van der Waals surface area contributed by atoms with E-state index in [-0.39, 0.29) is 6.04 Å². The summed E-state index contributed by atoms with van der Waals surface area (Å²) in [7, 11) is -1.16. The lowest BCUT2D eigenvalue weighted by Crippen LogP contribution is -2.34. The highest BCUT2D eigenvalue weighted by molar-refractivity contribution is 6.76. The topological polar surface area (TPSA) is 91.4 Å². The zero-order valence-corrected chi connectivity index (χ0v) is 21.3. The van der Waals surface area contributed by atoms with Gasteiger partial charge in [-0.2, -0.15) is 5.10 Å². The fourth-order valence-corrected chi connectivity index (χ4v) is 3.90. The van der Waals surface area contributed by atoms with Gasteiger partial charge in [0.05, 0.1) is 23.6 Å². The molecule has 1 aromatic heterocycles. The van der Waals surface area contributed by atoms with Gasteiger partial charge in [0, 0.05) is 20.2 Å². The first kappa shape index (κ1) is 25.7. The molecule has 0 unspecified atom stereocenters. The van der Waals surface area contributed by atoms with Gasteiger partial charge in [0.2, 0.25) is 0 Å². The second kappa shape index (κ2) is 10.8. The van der Waals surface area contributed by atoms with Crippen LogP contribution in [0.5, 0.6) is 0 Å². The van der Waals surface area contributed by atoms with Crippen LogP contribution in [0.15, 0.2) is 43.1 Å². The Morgan fingerprint density at radius 2 is 2.06 bits per heavy atom.